The van der Waals surface area contributed by atoms with Gasteiger partial charge in [0, 0.05) is 0 Å². The number of carbonyl (C=O) groups excluding carboxylic acids is 1. The number of aryl methyl sites for hydroxylation is 1. The van der Waals surface area contributed by atoms with Crippen LogP contribution in [0.2, 0.25) is 0 Å². The number of carbonyl (C=O) groups is 1. The largest absolute Gasteiger partial charge is 0.497 e. The van der Waals surface area contributed by atoms with E-state index < -0.39 is 17.6 Å². The molecule has 0 aromatic heterocycles. The molecule has 0 saturated carbocycles. The average molecular weight is 412 g/mol. The Balaban J connectivity index is 1.64. The number of aliphatic imine (C=N–C) groups is 1. The predicted octanol–water partition coefficient (Wildman–Crippen LogP) is 3.42. The Labute approximate surface area is 177 Å². The lowest BCUT2D eigenvalue weighted by Crippen LogP contribution is -2.34. The van der Waals surface area contributed by atoms with Crippen molar-refractivity contribution in [2.45, 2.75) is 51.4 Å². The molecule has 2 aromatic rings. The summed E-state index contributed by atoms with van der Waals surface area (Å²) in [7, 11) is 1.64. The molecule has 1 heterocycles. The van der Waals surface area contributed by atoms with Crippen LogP contribution in [-0.4, -0.2) is 30.6 Å². The quantitative estimate of drug-likeness (QED) is 0.676. The van der Waals surface area contributed by atoms with Gasteiger partial charge in [0.25, 0.3) is 0 Å². The van der Waals surface area contributed by atoms with E-state index in [2.05, 4.69) is 4.99 Å². The molecular formula is C23H29N3O4. The van der Waals surface area contributed by atoms with Crippen LogP contribution in [0.5, 0.6) is 11.5 Å². The first-order valence-electron chi connectivity index (χ1n) is 9.94. The molecule has 0 aliphatic carbocycles. The molecule has 0 spiro atoms. The molecule has 4 N–H and O–H groups in total. The summed E-state index contributed by atoms with van der Waals surface area (Å²) in [4.78, 5) is 17.0. The zero-order valence-electron chi connectivity index (χ0n) is 17.8. The highest BCUT2D eigenvalue weighted by atomic mass is 16.6. The van der Waals surface area contributed by atoms with Crippen molar-refractivity contribution < 1.29 is 19.0 Å². The monoisotopic (exact) mass is 411 g/mol. The Morgan fingerprint density at radius 1 is 1.27 bits per heavy atom. The first kappa shape index (κ1) is 21.6. The average Bonchev–Trinajstić information content (AvgIpc) is 2.72. The van der Waals surface area contributed by atoms with Crippen molar-refractivity contribution in [2.75, 3.05) is 7.11 Å². The third kappa shape index (κ3) is 5.10. The van der Waals surface area contributed by atoms with Gasteiger partial charge in [-0.3, -0.25) is 0 Å². The van der Waals surface area contributed by atoms with Gasteiger partial charge in [0.1, 0.15) is 34.7 Å². The molecule has 0 fully saturated rings. The number of amidine groups is 1. The number of hydrogen-bond acceptors (Lipinski definition) is 7. The minimum absolute atomic E-state index is 0.285. The zero-order chi connectivity index (χ0) is 21.9. The third-order valence-corrected chi connectivity index (χ3v) is 5.09. The summed E-state index contributed by atoms with van der Waals surface area (Å²) in [5.74, 6) is 1.31. The Kier molecular flexibility index (Phi) is 6.31. The van der Waals surface area contributed by atoms with Crippen LogP contribution < -0.4 is 20.9 Å². The standard InChI is InChI=1S/C23H29N3O4/c1-14-21(25)26-18-13-16(8-9-19(18)29-14)20(24)22(27)30-23(2,3)11-10-15-6-5-7-17(12-15)28-4/h5-9,12-14,20H,10-11,24H2,1-4H3,(H2,25,26). The third-order valence-electron chi connectivity index (χ3n) is 5.09. The number of benzene rings is 2. The Morgan fingerprint density at radius 3 is 2.77 bits per heavy atom. The summed E-state index contributed by atoms with van der Waals surface area (Å²) in [6.07, 6.45) is 1.11. The van der Waals surface area contributed by atoms with E-state index in [-0.39, 0.29) is 6.10 Å². The lowest BCUT2D eigenvalue weighted by atomic mass is 9.98. The van der Waals surface area contributed by atoms with Gasteiger partial charge in [-0.15, -0.1) is 0 Å². The number of ether oxygens (including phenoxy) is 3. The van der Waals surface area contributed by atoms with E-state index >= 15 is 0 Å². The lowest BCUT2D eigenvalue weighted by Gasteiger charge is -2.27. The fourth-order valence-electron chi connectivity index (χ4n) is 3.19. The van der Waals surface area contributed by atoms with Gasteiger partial charge in [-0.05, 0) is 69.0 Å². The van der Waals surface area contributed by atoms with E-state index in [1.54, 1.807) is 25.3 Å². The van der Waals surface area contributed by atoms with Gasteiger partial charge in [-0.1, -0.05) is 18.2 Å². The molecule has 7 heteroatoms. The molecule has 160 valence electrons. The van der Waals surface area contributed by atoms with E-state index in [1.807, 2.05) is 45.0 Å². The highest BCUT2D eigenvalue weighted by Gasteiger charge is 2.28. The summed E-state index contributed by atoms with van der Waals surface area (Å²) >= 11 is 0. The van der Waals surface area contributed by atoms with Crippen LogP contribution >= 0.6 is 0 Å². The van der Waals surface area contributed by atoms with Gasteiger partial charge >= 0.3 is 5.97 Å². The molecule has 1 aliphatic heterocycles. The van der Waals surface area contributed by atoms with Gasteiger partial charge in [-0.25, -0.2) is 9.79 Å². The van der Waals surface area contributed by atoms with E-state index in [4.69, 9.17) is 25.7 Å². The van der Waals surface area contributed by atoms with Crippen molar-refractivity contribution >= 4 is 17.5 Å². The van der Waals surface area contributed by atoms with Gasteiger partial charge in [0.15, 0.2) is 6.10 Å². The molecule has 7 nitrogen and oxygen atoms in total. The van der Waals surface area contributed by atoms with E-state index in [0.29, 0.717) is 29.3 Å². The van der Waals surface area contributed by atoms with Crippen LogP contribution in [-0.2, 0) is 16.0 Å². The number of nitrogens with two attached hydrogens (primary N) is 2. The smallest absolute Gasteiger partial charge is 0.328 e. The molecule has 1 aliphatic rings. The highest BCUT2D eigenvalue weighted by Crippen LogP contribution is 2.34. The normalized spacial score (nSPS) is 16.7. The van der Waals surface area contributed by atoms with Crippen LogP contribution in [0.4, 0.5) is 5.69 Å². The van der Waals surface area contributed by atoms with Crippen LogP contribution in [0.25, 0.3) is 0 Å². The molecule has 0 amide bonds. The molecule has 2 unspecified atom stereocenters. The zero-order valence-corrected chi connectivity index (χ0v) is 17.8. The van der Waals surface area contributed by atoms with Crippen LogP contribution in [0.15, 0.2) is 47.5 Å². The number of fused-ring (bicyclic) bond motifs is 1. The van der Waals surface area contributed by atoms with E-state index in [1.165, 1.54) is 0 Å². The maximum absolute atomic E-state index is 12.7. The maximum atomic E-state index is 12.7. The number of esters is 1. The summed E-state index contributed by atoms with van der Waals surface area (Å²) in [5, 5.41) is 0. The van der Waals surface area contributed by atoms with Gasteiger partial charge in [0.05, 0.1) is 7.11 Å². The van der Waals surface area contributed by atoms with Crippen LogP contribution in [0.3, 0.4) is 0 Å². The minimum Gasteiger partial charge on any atom is -0.497 e. The van der Waals surface area contributed by atoms with Crippen molar-refractivity contribution in [3.63, 3.8) is 0 Å². The van der Waals surface area contributed by atoms with E-state index in [0.717, 1.165) is 17.7 Å². The molecule has 2 atom stereocenters. The van der Waals surface area contributed by atoms with E-state index in [9.17, 15) is 4.79 Å². The second kappa shape index (κ2) is 8.75. The highest BCUT2D eigenvalue weighted by molar-refractivity contribution is 5.90. The second-order valence-corrected chi connectivity index (χ2v) is 8.03. The number of nitrogens with zero attached hydrogens (tertiary/aromatic N) is 1. The summed E-state index contributed by atoms with van der Waals surface area (Å²) < 4.78 is 16.7. The summed E-state index contributed by atoms with van der Waals surface area (Å²) in [6, 6.07) is 12.1. The first-order valence-corrected chi connectivity index (χ1v) is 9.94. The SMILES string of the molecule is COc1cccc(CCC(C)(C)OC(=O)C(N)c2ccc3c(c2)N=C(N)C(C)O3)c1. The Morgan fingerprint density at radius 2 is 2.03 bits per heavy atom. The number of hydrogen-bond donors (Lipinski definition) is 2. The number of methoxy groups -OCH3 is 1. The van der Waals surface area contributed by atoms with Gasteiger partial charge in [-0.2, -0.15) is 0 Å². The van der Waals surface area contributed by atoms with Crippen LogP contribution in [0.1, 0.15) is 44.4 Å². The second-order valence-electron chi connectivity index (χ2n) is 8.03. The summed E-state index contributed by atoms with van der Waals surface area (Å²) in [5.41, 5.74) is 13.6. The van der Waals surface area contributed by atoms with Crippen molar-refractivity contribution in [2.24, 2.45) is 16.5 Å². The number of rotatable bonds is 7. The van der Waals surface area contributed by atoms with Crippen molar-refractivity contribution in [1.29, 1.82) is 0 Å². The fraction of sp³-hybridized carbons (Fsp3) is 0.391. The van der Waals surface area contributed by atoms with Crippen LogP contribution in [0, 0.1) is 0 Å². The molecule has 3 rings (SSSR count). The summed E-state index contributed by atoms with van der Waals surface area (Å²) in [6.45, 7) is 5.59. The molecule has 30 heavy (non-hydrogen) atoms. The minimum atomic E-state index is -0.929. The first-order chi connectivity index (χ1) is 14.2. The Bertz CT molecular complexity index is 955. The molecule has 2 aromatic carbocycles. The molecule has 0 bridgehead atoms. The predicted molar refractivity (Wildman–Crippen MR) is 116 cm³/mol. The fourth-order valence-corrected chi connectivity index (χ4v) is 3.19. The molecule has 0 radical (unpaired) electrons. The maximum Gasteiger partial charge on any atom is 0.328 e. The van der Waals surface area contributed by atoms with Crippen molar-refractivity contribution in [1.82, 2.24) is 0 Å². The van der Waals surface area contributed by atoms with Gasteiger partial charge < -0.3 is 25.7 Å². The van der Waals surface area contributed by atoms with Crippen molar-refractivity contribution in [3.8, 4) is 11.5 Å². The molecular weight excluding hydrogens is 382 g/mol. The lowest BCUT2D eigenvalue weighted by molar-refractivity contribution is -0.158. The Hall–Kier alpha value is -3.06. The van der Waals surface area contributed by atoms with Crippen molar-refractivity contribution in [3.05, 3.63) is 53.6 Å². The molecule has 0 saturated heterocycles. The topological polar surface area (TPSA) is 109 Å². The van der Waals surface area contributed by atoms with Gasteiger partial charge in [0.2, 0.25) is 0 Å².